The normalized spacial score (nSPS) is 11.2. The van der Waals surface area contributed by atoms with Crippen LogP contribution in [0.1, 0.15) is 5.56 Å². The molecule has 0 bridgehead atoms. The fourth-order valence-electron chi connectivity index (χ4n) is 2.77. The lowest BCUT2D eigenvalue weighted by Gasteiger charge is -2.09. The first kappa shape index (κ1) is 20.5. The van der Waals surface area contributed by atoms with E-state index >= 15 is 0 Å². The van der Waals surface area contributed by atoms with Crippen molar-refractivity contribution in [3.63, 3.8) is 0 Å². The Labute approximate surface area is 168 Å². The number of sulfonamides is 1. The Kier molecular flexibility index (Phi) is 6.26. The van der Waals surface area contributed by atoms with E-state index in [-0.39, 0.29) is 17.2 Å². The van der Waals surface area contributed by atoms with Crippen molar-refractivity contribution in [2.24, 2.45) is 0 Å². The second-order valence-corrected chi connectivity index (χ2v) is 8.10. The Bertz CT molecular complexity index is 1140. The number of hydrogen-bond donors (Lipinski definition) is 2. The number of ether oxygens (including phenoxy) is 1. The maximum Gasteiger partial charge on any atom is 0.320 e. The molecule has 0 fully saturated rings. The average molecular weight is 412 g/mol. The van der Waals surface area contributed by atoms with Gasteiger partial charge in [-0.2, -0.15) is 4.72 Å². The Morgan fingerprint density at radius 2 is 1.62 bits per heavy atom. The van der Waals surface area contributed by atoms with Crippen LogP contribution in [0.15, 0.2) is 71.6 Å². The summed E-state index contributed by atoms with van der Waals surface area (Å²) < 4.78 is 30.8. The highest BCUT2D eigenvalue weighted by atomic mass is 32.2. The first-order valence-corrected chi connectivity index (χ1v) is 10.3. The van der Waals surface area contributed by atoms with Gasteiger partial charge in [0.05, 0.1) is 18.4 Å². The number of amides is 1. The van der Waals surface area contributed by atoms with Crippen molar-refractivity contribution >= 4 is 38.4 Å². The number of carbonyl (C=O) groups excluding carboxylic acids is 2. The topological polar surface area (TPSA) is 102 Å². The Morgan fingerprint density at radius 3 is 2.31 bits per heavy atom. The molecule has 8 heteroatoms. The molecule has 0 aliphatic heterocycles. The quantitative estimate of drug-likeness (QED) is 0.581. The smallest absolute Gasteiger partial charge is 0.320 e. The van der Waals surface area contributed by atoms with E-state index in [0.29, 0.717) is 5.69 Å². The minimum Gasteiger partial charge on any atom is -0.468 e. The Morgan fingerprint density at radius 1 is 0.931 bits per heavy atom. The van der Waals surface area contributed by atoms with Crippen LogP contribution in [-0.4, -0.2) is 33.9 Å². The van der Waals surface area contributed by atoms with Gasteiger partial charge >= 0.3 is 5.97 Å². The zero-order valence-corrected chi connectivity index (χ0v) is 16.5. The number of carbonyl (C=O) groups is 2. The van der Waals surface area contributed by atoms with Gasteiger partial charge in [-0.05, 0) is 40.6 Å². The van der Waals surface area contributed by atoms with Crippen LogP contribution in [0.2, 0.25) is 0 Å². The van der Waals surface area contributed by atoms with Gasteiger partial charge in [0, 0.05) is 5.69 Å². The lowest BCUT2D eigenvalue weighted by Crippen LogP contribution is -2.30. The van der Waals surface area contributed by atoms with E-state index in [9.17, 15) is 18.0 Å². The van der Waals surface area contributed by atoms with Gasteiger partial charge in [-0.1, -0.05) is 42.5 Å². The minimum absolute atomic E-state index is 0.0195. The largest absolute Gasteiger partial charge is 0.468 e. The van der Waals surface area contributed by atoms with Crippen LogP contribution in [-0.2, 0) is 30.8 Å². The molecule has 2 N–H and O–H groups in total. The van der Waals surface area contributed by atoms with Gasteiger partial charge in [-0.3, -0.25) is 9.59 Å². The highest BCUT2D eigenvalue weighted by Crippen LogP contribution is 2.17. The third kappa shape index (κ3) is 5.40. The van der Waals surface area contributed by atoms with E-state index in [4.69, 9.17) is 0 Å². The average Bonchev–Trinajstić information content (AvgIpc) is 2.72. The van der Waals surface area contributed by atoms with Gasteiger partial charge < -0.3 is 10.1 Å². The van der Waals surface area contributed by atoms with Crippen LogP contribution in [0.25, 0.3) is 10.8 Å². The first-order chi connectivity index (χ1) is 13.9. The molecule has 0 aliphatic rings. The molecule has 0 unspecified atom stereocenters. The number of rotatable bonds is 7. The van der Waals surface area contributed by atoms with Gasteiger partial charge in [-0.25, -0.2) is 8.42 Å². The molecule has 3 aromatic carbocycles. The molecule has 7 nitrogen and oxygen atoms in total. The molecule has 3 rings (SSSR count). The second kappa shape index (κ2) is 8.85. The lowest BCUT2D eigenvalue weighted by molar-refractivity contribution is -0.139. The molecule has 150 valence electrons. The van der Waals surface area contributed by atoms with E-state index < -0.39 is 22.5 Å². The van der Waals surface area contributed by atoms with Gasteiger partial charge in [0.15, 0.2) is 0 Å². The van der Waals surface area contributed by atoms with E-state index in [1.165, 1.54) is 31.4 Å². The molecule has 0 heterocycles. The van der Waals surface area contributed by atoms with Crippen LogP contribution < -0.4 is 10.0 Å². The maximum atomic E-state index is 12.3. The fourth-order valence-corrected chi connectivity index (χ4v) is 3.74. The van der Waals surface area contributed by atoms with Crippen LogP contribution in [0.4, 0.5) is 5.69 Å². The van der Waals surface area contributed by atoms with Gasteiger partial charge in [0.25, 0.3) is 0 Å². The molecule has 0 radical (unpaired) electrons. The van der Waals surface area contributed by atoms with E-state index in [1.54, 1.807) is 0 Å². The molecule has 29 heavy (non-hydrogen) atoms. The number of esters is 1. The number of nitrogens with one attached hydrogen (secondary N) is 2. The monoisotopic (exact) mass is 412 g/mol. The number of anilines is 1. The number of fused-ring (bicyclic) bond motifs is 1. The molecule has 0 spiro atoms. The molecule has 0 saturated carbocycles. The van der Waals surface area contributed by atoms with Gasteiger partial charge in [-0.15, -0.1) is 0 Å². The summed E-state index contributed by atoms with van der Waals surface area (Å²) in [7, 11) is -2.67. The van der Waals surface area contributed by atoms with Crippen molar-refractivity contribution in [2.45, 2.75) is 11.3 Å². The van der Waals surface area contributed by atoms with Crippen molar-refractivity contribution in [3.8, 4) is 0 Å². The third-order valence-corrected chi connectivity index (χ3v) is 5.68. The predicted octanol–water partition coefficient (Wildman–Crippen LogP) is 2.47. The van der Waals surface area contributed by atoms with Gasteiger partial charge in [0.2, 0.25) is 15.9 Å². The van der Waals surface area contributed by atoms with Gasteiger partial charge in [0.1, 0.15) is 6.54 Å². The Hall–Kier alpha value is -3.23. The number of methoxy groups -OCH3 is 1. The summed E-state index contributed by atoms with van der Waals surface area (Å²) in [4.78, 5) is 23.4. The van der Waals surface area contributed by atoms with Crippen LogP contribution in [0.5, 0.6) is 0 Å². The second-order valence-electron chi connectivity index (χ2n) is 6.33. The van der Waals surface area contributed by atoms with E-state index in [1.807, 2.05) is 42.5 Å². The molecule has 3 aromatic rings. The molecular weight excluding hydrogens is 392 g/mol. The van der Waals surface area contributed by atoms with E-state index in [0.717, 1.165) is 16.3 Å². The number of benzene rings is 3. The highest BCUT2D eigenvalue weighted by Gasteiger charge is 2.16. The summed E-state index contributed by atoms with van der Waals surface area (Å²) in [6.45, 7) is -0.455. The summed E-state index contributed by atoms with van der Waals surface area (Å²) in [6.07, 6.45) is 0.200. The Balaban J connectivity index is 1.62. The van der Waals surface area contributed by atoms with Crippen molar-refractivity contribution < 1.29 is 22.7 Å². The molecule has 0 atom stereocenters. The summed E-state index contributed by atoms with van der Waals surface area (Å²) in [5.41, 5.74) is 1.36. The van der Waals surface area contributed by atoms with E-state index in [2.05, 4.69) is 14.8 Å². The van der Waals surface area contributed by atoms with Crippen LogP contribution in [0, 0.1) is 0 Å². The highest BCUT2D eigenvalue weighted by molar-refractivity contribution is 7.89. The lowest BCUT2D eigenvalue weighted by atomic mass is 10.0. The standard InChI is InChI=1S/C21H20N2O5S/c1-28-21(25)14-22-29(26,27)19-10-8-18(9-11-19)23-20(24)13-15-6-7-16-4-2-3-5-17(16)12-15/h2-12,22H,13-14H2,1H3,(H,23,24). The molecule has 0 saturated heterocycles. The van der Waals surface area contributed by atoms with Crippen LogP contribution >= 0.6 is 0 Å². The molecular formula is C21H20N2O5S. The first-order valence-electron chi connectivity index (χ1n) is 8.81. The number of hydrogen-bond acceptors (Lipinski definition) is 5. The summed E-state index contributed by atoms with van der Waals surface area (Å²) >= 11 is 0. The molecule has 1 amide bonds. The molecule has 0 aromatic heterocycles. The molecule has 0 aliphatic carbocycles. The fraction of sp³-hybridized carbons (Fsp3) is 0.143. The summed E-state index contributed by atoms with van der Waals surface area (Å²) in [5, 5.41) is 4.92. The predicted molar refractivity (Wildman–Crippen MR) is 110 cm³/mol. The summed E-state index contributed by atoms with van der Waals surface area (Å²) in [5.74, 6) is -0.897. The summed E-state index contributed by atoms with van der Waals surface area (Å²) in [6, 6.07) is 19.4. The van der Waals surface area contributed by atoms with Crippen molar-refractivity contribution in [1.29, 1.82) is 0 Å². The van der Waals surface area contributed by atoms with Crippen molar-refractivity contribution in [1.82, 2.24) is 4.72 Å². The van der Waals surface area contributed by atoms with Crippen LogP contribution in [0.3, 0.4) is 0 Å². The SMILES string of the molecule is COC(=O)CNS(=O)(=O)c1ccc(NC(=O)Cc2ccc3ccccc3c2)cc1. The zero-order valence-electron chi connectivity index (χ0n) is 15.7. The maximum absolute atomic E-state index is 12.3. The van der Waals surface area contributed by atoms with Crippen molar-refractivity contribution in [3.05, 3.63) is 72.3 Å². The third-order valence-electron chi connectivity index (χ3n) is 4.26. The zero-order chi connectivity index (χ0) is 20.9. The van der Waals surface area contributed by atoms with Crippen molar-refractivity contribution in [2.75, 3.05) is 19.0 Å². The minimum atomic E-state index is -3.84.